The van der Waals surface area contributed by atoms with Crippen LogP contribution in [0.15, 0.2) is 24.3 Å². The highest BCUT2D eigenvalue weighted by Crippen LogP contribution is 2.28. The van der Waals surface area contributed by atoms with Gasteiger partial charge in [-0.2, -0.15) is 0 Å². The highest BCUT2D eigenvalue weighted by molar-refractivity contribution is 6.33. The molecule has 17 heavy (non-hydrogen) atoms. The molecule has 0 aliphatic carbocycles. The van der Waals surface area contributed by atoms with Crippen molar-refractivity contribution < 1.29 is 4.79 Å². The van der Waals surface area contributed by atoms with Gasteiger partial charge in [0.05, 0.1) is 5.02 Å². The molecule has 0 spiro atoms. The first-order valence-electron chi connectivity index (χ1n) is 5.41. The molecule has 0 fully saturated rings. The van der Waals surface area contributed by atoms with Crippen LogP contribution in [0, 0.1) is 0 Å². The van der Waals surface area contributed by atoms with Crippen molar-refractivity contribution in [3.63, 3.8) is 0 Å². The minimum Gasteiger partial charge on any atom is -0.296 e. The van der Waals surface area contributed by atoms with E-state index < -0.39 is 0 Å². The highest BCUT2D eigenvalue weighted by Gasteiger charge is 2.15. The molecular weight excluding hydrogens is 238 g/mol. The molecule has 88 valence electrons. The van der Waals surface area contributed by atoms with Gasteiger partial charge in [-0.25, -0.2) is 4.68 Å². The largest absolute Gasteiger partial charge is 0.296 e. The van der Waals surface area contributed by atoms with E-state index in [9.17, 15) is 4.79 Å². The Morgan fingerprint density at radius 2 is 2.18 bits per heavy atom. The number of nitrogens with zero attached hydrogens (tertiary/aromatic N) is 3. The molecule has 1 heterocycles. The van der Waals surface area contributed by atoms with Gasteiger partial charge in [0.25, 0.3) is 0 Å². The summed E-state index contributed by atoms with van der Waals surface area (Å²) < 4.78 is 1.71. The van der Waals surface area contributed by atoms with Crippen LogP contribution in [0.4, 0.5) is 0 Å². The summed E-state index contributed by atoms with van der Waals surface area (Å²) in [5, 5.41) is 8.42. The van der Waals surface area contributed by atoms with E-state index in [2.05, 4.69) is 10.3 Å². The summed E-state index contributed by atoms with van der Waals surface area (Å²) >= 11 is 6.13. The van der Waals surface area contributed by atoms with Gasteiger partial charge in [-0.05, 0) is 12.5 Å². The van der Waals surface area contributed by atoms with Gasteiger partial charge in [-0.15, -0.1) is 5.10 Å². The Labute approximate surface area is 104 Å². The Kier molecular flexibility index (Phi) is 3.54. The van der Waals surface area contributed by atoms with Crippen molar-refractivity contribution in [2.24, 2.45) is 0 Å². The number of halogens is 1. The number of benzene rings is 1. The number of aryl methyl sites for hydroxylation is 1. The van der Waals surface area contributed by atoms with Crippen molar-refractivity contribution >= 4 is 17.9 Å². The number of aldehydes is 1. The van der Waals surface area contributed by atoms with E-state index in [-0.39, 0.29) is 0 Å². The third-order valence-electron chi connectivity index (χ3n) is 2.44. The van der Waals surface area contributed by atoms with Gasteiger partial charge < -0.3 is 0 Å². The summed E-state index contributed by atoms with van der Waals surface area (Å²) in [4.78, 5) is 11.0. The molecule has 1 aromatic heterocycles. The molecular formula is C12H12ClN3O. The van der Waals surface area contributed by atoms with E-state index in [0.29, 0.717) is 29.2 Å². The number of carbonyl (C=O) groups is 1. The lowest BCUT2D eigenvalue weighted by Gasteiger charge is -2.07. The summed E-state index contributed by atoms with van der Waals surface area (Å²) in [7, 11) is 0. The lowest BCUT2D eigenvalue weighted by Crippen LogP contribution is -2.02. The third-order valence-corrected chi connectivity index (χ3v) is 2.77. The van der Waals surface area contributed by atoms with Gasteiger partial charge in [0.2, 0.25) is 0 Å². The van der Waals surface area contributed by atoms with Crippen LogP contribution >= 0.6 is 11.6 Å². The predicted octanol–water partition coefficient (Wildman–Crippen LogP) is 2.82. The fourth-order valence-electron chi connectivity index (χ4n) is 1.70. The molecule has 0 saturated carbocycles. The smallest absolute Gasteiger partial charge is 0.172 e. The molecule has 1 aromatic carbocycles. The van der Waals surface area contributed by atoms with Crippen LogP contribution in [0.5, 0.6) is 0 Å². The number of hydrogen-bond donors (Lipinski definition) is 0. The normalized spacial score (nSPS) is 10.5. The second kappa shape index (κ2) is 5.10. The van der Waals surface area contributed by atoms with Crippen LogP contribution in [0.2, 0.25) is 5.02 Å². The molecule has 2 rings (SSSR count). The van der Waals surface area contributed by atoms with Crippen molar-refractivity contribution in [1.82, 2.24) is 15.0 Å². The zero-order valence-corrected chi connectivity index (χ0v) is 10.2. The monoisotopic (exact) mass is 249 g/mol. The molecule has 0 N–H and O–H groups in total. The van der Waals surface area contributed by atoms with Gasteiger partial charge in [-0.3, -0.25) is 4.79 Å². The van der Waals surface area contributed by atoms with Crippen LogP contribution in [-0.2, 0) is 6.54 Å². The van der Waals surface area contributed by atoms with Crippen molar-refractivity contribution in [2.75, 3.05) is 0 Å². The Balaban J connectivity index is 2.60. The fraction of sp³-hybridized carbons (Fsp3) is 0.250. The lowest BCUT2D eigenvalue weighted by molar-refractivity contribution is 0.111. The van der Waals surface area contributed by atoms with Crippen molar-refractivity contribution in [3.05, 3.63) is 35.0 Å². The first-order chi connectivity index (χ1) is 8.27. The second-order valence-corrected chi connectivity index (χ2v) is 4.05. The van der Waals surface area contributed by atoms with Crippen LogP contribution in [0.25, 0.3) is 11.3 Å². The van der Waals surface area contributed by atoms with E-state index in [4.69, 9.17) is 11.6 Å². The van der Waals surface area contributed by atoms with E-state index in [1.165, 1.54) is 0 Å². The molecule has 0 saturated heterocycles. The first-order valence-corrected chi connectivity index (χ1v) is 5.79. The van der Waals surface area contributed by atoms with Crippen molar-refractivity contribution in [3.8, 4) is 11.3 Å². The molecule has 2 aromatic rings. The van der Waals surface area contributed by atoms with E-state index in [1.807, 2.05) is 25.1 Å². The lowest BCUT2D eigenvalue weighted by atomic mass is 10.1. The average Bonchev–Trinajstić information content (AvgIpc) is 2.73. The van der Waals surface area contributed by atoms with E-state index in [0.717, 1.165) is 12.0 Å². The maximum absolute atomic E-state index is 11.0. The van der Waals surface area contributed by atoms with Gasteiger partial charge in [-0.1, -0.05) is 41.9 Å². The van der Waals surface area contributed by atoms with Crippen LogP contribution < -0.4 is 0 Å². The number of rotatable bonds is 4. The van der Waals surface area contributed by atoms with Crippen LogP contribution in [-0.4, -0.2) is 21.3 Å². The van der Waals surface area contributed by atoms with Crippen LogP contribution in [0.3, 0.4) is 0 Å². The predicted molar refractivity (Wildman–Crippen MR) is 66.1 cm³/mol. The number of aromatic nitrogens is 3. The van der Waals surface area contributed by atoms with Crippen molar-refractivity contribution in [1.29, 1.82) is 0 Å². The summed E-state index contributed by atoms with van der Waals surface area (Å²) in [5.41, 5.74) is 1.80. The molecule has 0 amide bonds. The molecule has 0 bridgehead atoms. The zero-order valence-electron chi connectivity index (χ0n) is 9.43. The Bertz CT molecular complexity index is 536. The van der Waals surface area contributed by atoms with Gasteiger partial charge >= 0.3 is 0 Å². The molecule has 0 radical (unpaired) electrons. The molecule has 4 nitrogen and oxygen atoms in total. The van der Waals surface area contributed by atoms with Gasteiger partial charge in [0, 0.05) is 12.1 Å². The molecule has 5 heteroatoms. The van der Waals surface area contributed by atoms with Gasteiger partial charge in [0.15, 0.2) is 12.0 Å². The van der Waals surface area contributed by atoms with E-state index in [1.54, 1.807) is 10.7 Å². The highest BCUT2D eigenvalue weighted by atomic mass is 35.5. The topological polar surface area (TPSA) is 47.8 Å². The molecule has 0 atom stereocenters. The second-order valence-electron chi connectivity index (χ2n) is 3.64. The van der Waals surface area contributed by atoms with Crippen LogP contribution in [0.1, 0.15) is 23.8 Å². The van der Waals surface area contributed by atoms with E-state index >= 15 is 0 Å². The molecule has 0 aliphatic rings. The maximum atomic E-state index is 11.0. The average molecular weight is 250 g/mol. The summed E-state index contributed by atoms with van der Waals surface area (Å²) in [6.45, 7) is 2.75. The molecule has 0 unspecified atom stereocenters. The minimum absolute atomic E-state index is 0.326. The standard InChI is InChI=1S/C12H12ClN3O/c1-2-7-16-12(11(8-17)14-15-16)9-5-3-4-6-10(9)13/h3-6,8H,2,7H2,1H3. The van der Waals surface area contributed by atoms with Crippen molar-refractivity contribution in [2.45, 2.75) is 19.9 Å². The summed E-state index contributed by atoms with van der Waals surface area (Å²) in [5.74, 6) is 0. The SMILES string of the molecule is CCCn1nnc(C=O)c1-c1ccccc1Cl. The Morgan fingerprint density at radius 1 is 1.41 bits per heavy atom. The molecule has 0 aliphatic heterocycles. The third kappa shape index (κ3) is 2.22. The number of hydrogen-bond acceptors (Lipinski definition) is 3. The summed E-state index contributed by atoms with van der Waals surface area (Å²) in [6, 6.07) is 7.37. The Hall–Kier alpha value is -1.68. The fourth-order valence-corrected chi connectivity index (χ4v) is 1.93. The van der Waals surface area contributed by atoms with Gasteiger partial charge in [0.1, 0.15) is 5.69 Å². The summed E-state index contributed by atoms with van der Waals surface area (Å²) in [6.07, 6.45) is 1.62. The first kappa shape index (κ1) is 11.8. The minimum atomic E-state index is 0.326. The number of carbonyl (C=O) groups excluding carboxylic acids is 1. The quantitative estimate of drug-likeness (QED) is 0.783. The zero-order chi connectivity index (χ0) is 12.3. The Morgan fingerprint density at radius 3 is 2.82 bits per heavy atom. The maximum Gasteiger partial charge on any atom is 0.172 e.